The molecule has 1 heterocycles. The molecule has 1 N–H and O–H groups in total. The fraction of sp³-hybridized carbons (Fsp3) is 0.462. The third kappa shape index (κ3) is 2.88. The highest BCUT2D eigenvalue weighted by Gasteiger charge is 2.32. The van der Waals surface area contributed by atoms with Crippen molar-refractivity contribution in [2.75, 3.05) is 20.3 Å². The number of carbonyl (C=O) groups excluding carboxylic acids is 1. The van der Waals surface area contributed by atoms with E-state index in [-0.39, 0.29) is 29.2 Å². The molecule has 5 heteroatoms. The molecular formula is C13H15ClFNO2. The normalized spacial score (nSPS) is 23.3. The summed E-state index contributed by atoms with van der Waals surface area (Å²) in [5.41, 5.74) is 0.730. The quantitative estimate of drug-likeness (QED) is 0.908. The molecule has 0 radical (unpaired) electrons. The lowest BCUT2D eigenvalue weighted by atomic mass is 9.94. The number of nitrogens with one attached hydrogen (secondary N) is 1. The first-order valence-electron chi connectivity index (χ1n) is 5.83. The van der Waals surface area contributed by atoms with Gasteiger partial charge >= 0.3 is 0 Å². The van der Waals surface area contributed by atoms with Crippen molar-refractivity contribution in [1.29, 1.82) is 0 Å². The Balaban J connectivity index is 2.04. The molecule has 0 amide bonds. The maximum atomic E-state index is 13.0. The summed E-state index contributed by atoms with van der Waals surface area (Å²) in [5, 5.41) is 3.12. The van der Waals surface area contributed by atoms with Gasteiger partial charge in [-0.1, -0.05) is 17.7 Å². The maximum absolute atomic E-state index is 13.0. The molecule has 98 valence electrons. The zero-order chi connectivity index (χ0) is 13.1. The Labute approximate surface area is 110 Å². The fourth-order valence-corrected chi connectivity index (χ4v) is 2.34. The Morgan fingerprint density at radius 1 is 1.56 bits per heavy atom. The average Bonchev–Trinajstić information content (AvgIpc) is 2.82. The number of halogens is 2. The summed E-state index contributed by atoms with van der Waals surface area (Å²) in [5.74, 6) is -0.515. The van der Waals surface area contributed by atoms with Gasteiger partial charge in [0.2, 0.25) is 0 Å². The van der Waals surface area contributed by atoms with Crippen molar-refractivity contribution in [3.05, 3.63) is 34.6 Å². The van der Waals surface area contributed by atoms with Crippen molar-refractivity contribution in [2.24, 2.45) is 5.92 Å². The third-order valence-electron chi connectivity index (χ3n) is 3.23. The number of hydrogen-bond donors (Lipinski definition) is 1. The van der Waals surface area contributed by atoms with Gasteiger partial charge in [0, 0.05) is 12.5 Å². The minimum absolute atomic E-state index is 0.0492. The fourth-order valence-electron chi connectivity index (χ4n) is 2.14. The van der Waals surface area contributed by atoms with E-state index in [9.17, 15) is 9.18 Å². The van der Waals surface area contributed by atoms with E-state index in [1.54, 1.807) is 6.07 Å². The number of hydrogen-bond acceptors (Lipinski definition) is 3. The minimum atomic E-state index is -0.467. The molecule has 1 aliphatic rings. The highest BCUT2D eigenvalue weighted by atomic mass is 35.5. The van der Waals surface area contributed by atoms with Gasteiger partial charge in [-0.05, 0) is 24.7 Å². The van der Waals surface area contributed by atoms with Gasteiger partial charge in [0.15, 0.2) is 0 Å². The van der Waals surface area contributed by atoms with Gasteiger partial charge in [-0.2, -0.15) is 0 Å². The molecule has 1 aromatic rings. The molecule has 1 saturated heterocycles. The van der Waals surface area contributed by atoms with Crippen molar-refractivity contribution < 1.29 is 13.9 Å². The maximum Gasteiger partial charge on any atom is 0.144 e. The number of carbonyl (C=O) groups is 1. The molecule has 1 aromatic carbocycles. The number of ketones is 1. The van der Waals surface area contributed by atoms with Crippen LogP contribution in [0.1, 0.15) is 5.56 Å². The summed E-state index contributed by atoms with van der Waals surface area (Å²) >= 11 is 5.69. The van der Waals surface area contributed by atoms with E-state index in [1.165, 1.54) is 12.1 Å². The Bertz CT molecular complexity index is 453. The van der Waals surface area contributed by atoms with Gasteiger partial charge < -0.3 is 10.1 Å². The first-order valence-corrected chi connectivity index (χ1v) is 6.21. The van der Waals surface area contributed by atoms with Crippen molar-refractivity contribution >= 4 is 17.4 Å². The van der Waals surface area contributed by atoms with Crippen LogP contribution in [0.25, 0.3) is 0 Å². The van der Waals surface area contributed by atoms with Gasteiger partial charge in [-0.15, -0.1) is 0 Å². The molecule has 2 unspecified atom stereocenters. The van der Waals surface area contributed by atoms with Crippen molar-refractivity contribution in [3.63, 3.8) is 0 Å². The van der Waals surface area contributed by atoms with Crippen molar-refractivity contribution in [2.45, 2.75) is 12.5 Å². The van der Waals surface area contributed by atoms with E-state index in [1.807, 2.05) is 7.05 Å². The lowest BCUT2D eigenvalue weighted by Gasteiger charge is -2.15. The summed E-state index contributed by atoms with van der Waals surface area (Å²) in [6.45, 7) is 0.996. The van der Waals surface area contributed by atoms with E-state index in [0.29, 0.717) is 13.2 Å². The number of ether oxygens (including phenoxy) is 1. The molecular weight excluding hydrogens is 257 g/mol. The SMILES string of the molecule is CNC1COCC1C(=O)Cc1ccc(F)c(Cl)c1. The Morgan fingerprint density at radius 3 is 3.00 bits per heavy atom. The number of likely N-dealkylation sites (N-methyl/N-ethyl adjacent to an activating group) is 1. The highest BCUT2D eigenvalue weighted by Crippen LogP contribution is 2.20. The molecule has 2 atom stereocenters. The zero-order valence-electron chi connectivity index (χ0n) is 10.1. The number of benzene rings is 1. The van der Waals surface area contributed by atoms with E-state index < -0.39 is 5.82 Å². The lowest BCUT2D eigenvalue weighted by molar-refractivity contribution is -0.122. The topological polar surface area (TPSA) is 38.3 Å². The molecule has 3 nitrogen and oxygen atoms in total. The van der Waals surface area contributed by atoms with Crippen LogP contribution in [0.2, 0.25) is 5.02 Å². The summed E-state index contributed by atoms with van der Waals surface area (Å²) in [6, 6.07) is 4.43. The molecule has 0 aliphatic carbocycles. The van der Waals surface area contributed by atoms with Crippen LogP contribution in [-0.2, 0) is 16.0 Å². The first-order chi connectivity index (χ1) is 8.61. The second-order valence-corrected chi connectivity index (χ2v) is 4.84. The second kappa shape index (κ2) is 5.78. The third-order valence-corrected chi connectivity index (χ3v) is 3.52. The Kier molecular flexibility index (Phi) is 4.32. The van der Waals surface area contributed by atoms with Gasteiger partial charge in [0.25, 0.3) is 0 Å². The standard InChI is InChI=1S/C13H15ClFNO2/c1-16-12-7-18-6-9(12)13(17)5-8-2-3-11(15)10(14)4-8/h2-4,9,12,16H,5-7H2,1H3. The smallest absolute Gasteiger partial charge is 0.144 e. The average molecular weight is 272 g/mol. The zero-order valence-corrected chi connectivity index (χ0v) is 10.8. The van der Waals surface area contributed by atoms with Gasteiger partial charge in [0.05, 0.1) is 24.2 Å². The van der Waals surface area contributed by atoms with Gasteiger partial charge in [-0.25, -0.2) is 4.39 Å². The summed E-state index contributed by atoms with van der Waals surface area (Å²) in [6.07, 6.45) is 0.256. The lowest BCUT2D eigenvalue weighted by Crippen LogP contribution is -2.37. The van der Waals surface area contributed by atoms with Crippen molar-refractivity contribution in [3.8, 4) is 0 Å². The molecule has 0 aromatic heterocycles. The Morgan fingerprint density at radius 2 is 2.33 bits per heavy atom. The van der Waals surface area contributed by atoms with Gasteiger partial charge in [0.1, 0.15) is 11.6 Å². The van der Waals surface area contributed by atoms with Crippen LogP contribution in [-0.4, -0.2) is 32.1 Å². The van der Waals surface area contributed by atoms with Crippen LogP contribution in [0.3, 0.4) is 0 Å². The summed E-state index contributed by atoms with van der Waals surface area (Å²) in [4.78, 5) is 12.1. The van der Waals surface area contributed by atoms with Crippen LogP contribution < -0.4 is 5.32 Å². The van der Waals surface area contributed by atoms with E-state index >= 15 is 0 Å². The predicted molar refractivity (Wildman–Crippen MR) is 67.3 cm³/mol. The molecule has 0 bridgehead atoms. The second-order valence-electron chi connectivity index (χ2n) is 4.43. The summed E-state index contributed by atoms with van der Waals surface area (Å²) in [7, 11) is 1.81. The Hall–Kier alpha value is -0.970. The van der Waals surface area contributed by atoms with Crippen LogP contribution in [0.5, 0.6) is 0 Å². The molecule has 1 fully saturated rings. The van der Waals surface area contributed by atoms with Crippen molar-refractivity contribution in [1.82, 2.24) is 5.32 Å². The van der Waals surface area contributed by atoms with Crippen LogP contribution >= 0.6 is 11.6 Å². The predicted octanol–water partition coefficient (Wildman–Crippen LogP) is 1.83. The molecule has 0 saturated carbocycles. The largest absolute Gasteiger partial charge is 0.379 e. The molecule has 1 aliphatic heterocycles. The van der Waals surface area contributed by atoms with Crippen LogP contribution in [0.15, 0.2) is 18.2 Å². The summed E-state index contributed by atoms with van der Waals surface area (Å²) < 4.78 is 18.3. The molecule has 0 spiro atoms. The minimum Gasteiger partial charge on any atom is -0.379 e. The highest BCUT2D eigenvalue weighted by molar-refractivity contribution is 6.30. The van der Waals surface area contributed by atoms with Crippen LogP contribution in [0, 0.1) is 11.7 Å². The van der Waals surface area contributed by atoms with E-state index in [4.69, 9.17) is 16.3 Å². The first kappa shape index (κ1) is 13.5. The molecule has 18 heavy (non-hydrogen) atoms. The van der Waals surface area contributed by atoms with E-state index in [0.717, 1.165) is 5.56 Å². The monoisotopic (exact) mass is 271 g/mol. The number of Topliss-reactive ketones (excluding diaryl/α,β-unsaturated/α-hetero) is 1. The van der Waals surface area contributed by atoms with Crippen LogP contribution in [0.4, 0.5) is 4.39 Å². The molecule has 2 rings (SSSR count). The number of rotatable bonds is 4. The van der Waals surface area contributed by atoms with Gasteiger partial charge in [-0.3, -0.25) is 4.79 Å². The van der Waals surface area contributed by atoms with E-state index in [2.05, 4.69) is 5.32 Å².